The SMILES string of the molecule is C[C@@H]1CC[C@]2(C(=O)O[C@@H]3O[C@H](CO)[C@@H](O)[C@H](O)[C@H]3O)CC[C@]3(C)C(=CC[C@H]4[C@@]5(C)C[C@@H](O)[C@@H](O)[C@](CO)(C(=O)O)[C@H]5CC[C@]43C)[C@@H]2[C@]1(C)O. The Morgan fingerprint density at radius 1 is 0.918 bits per heavy atom. The van der Waals surface area contributed by atoms with E-state index in [1.807, 2.05) is 13.8 Å². The van der Waals surface area contributed by atoms with Crippen LogP contribution in [0.25, 0.3) is 0 Å². The Hall–Kier alpha value is -1.68. The number of esters is 1. The highest BCUT2D eigenvalue weighted by Gasteiger charge is 2.74. The minimum atomic E-state index is -1.92. The Morgan fingerprint density at radius 3 is 2.20 bits per heavy atom. The van der Waals surface area contributed by atoms with Crippen LogP contribution in [0.2, 0.25) is 0 Å². The predicted octanol–water partition coefficient (Wildman–Crippen LogP) is 0.471. The first-order chi connectivity index (χ1) is 22.7. The number of aliphatic carboxylic acids is 1. The fraction of sp³-hybridized carbons (Fsp3) is 0.889. The van der Waals surface area contributed by atoms with Gasteiger partial charge in [-0.2, -0.15) is 0 Å². The van der Waals surface area contributed by atoms with E-state index in [9.17, 15) is 55.5 Å². The number of carbonyl (C=O) groups excluding carboxylic acids is 1. The molecule has 5 aliphatic carbocycles. The summed E-state index contributed by atoms with van der Waals surface area (Å²) in [5.41, 5.74) is -5.39. The Labute approximate surface area is 286 Å². The molecule has 6 aliphatic rings. The lowest BCUT2D eigenvalue weighted by atomic mass is 9.32. The van der Waals surface area contributed by atoms with Crippen molar-refractivity contribution in [3.63, 3.8) is 0 Å². The van der Waals surface area contributed by atoms with Gasteiger partial charge >= 0.3 is 11.9 Å². The molecule has 0 amide bonds. The highest BCUT2D eigenvalue weighted by Crippen LogP contribution is 2.76. The monoisotopic (exact) mass is 696 g/mol. The number of allylic oxidation sites excluding steroid dienone is 1. The highest BCUT2D eigenvalue weighted by molar-refractivity contribution is 5.79. The number of fused-ring (bicyclic) bond motifs is 7. The maximum atomic E-state index is 14.5. The lowest BCUT2D eigenvalue weighted by Crippen LogP contribution is -2.71. The Kier molecular flexibility index (Phi) is 9.03. The molecule has 13 nitrogen and oxygen atoms in total. The third kappa shape index (κ3) is 4.69. The zero-order valence-corrected chi connectivity index (χ0v) is 29.2. The minimum absolute atomic E-state index is 0.153. The van der Waals surface area contributed by atoms with E-state index in [-0.39, 0.29) is 18.3 Å². The molecule has 0 unspecified atom stereocenters. The number of carboxylic acids is 1. The second-order valence-corrected chi connectivity index (χ2v) is 17.4. The molecule has 0 aromatic carbocycles. The topological polar surface area (TPSA) is 235 Å². The van der Waals surface area contributed by atoms with Crippen molar-refractivity contribution >= 4 is 11.9 Å². The van der Waals surface area contributed by atoms with Crippen LogP contribution in [0.4, 0.5) is 0 Å². The zero-order chi connectivity index (χ0) is 36.3. The van der Waals surface area contributed by atoms with Gasteiger partial charge in [-0.3, -0.25) is 9.59 Å². The van der Waals surface area contributed by atoms with Crippen molar-refractivity contribution in [3.05, 3.63) is 11.6 Å². The van der Waals surface area contributed by atoms with E-state index >= 15 is 0 Å². The molecular weight excluding hydrogens is 640 g/mol. The van der Waals surface area contributed by atoms with Crippen molar-refractivity contribution < 1.29 is 65.0 Å². The molecule has 278 valence electrons. The molecule has 13 heteroatoms. The summed E-state index contributed by atoms with van der Waals surface area (Å²) in [5, 5.41) is 96.6. The van der Waals surface area contributed by atoms with E-state index in [0.29, 0.717) is 44.9 Å². The first kappa shape index (κ1) is 37.1. The molecule has 1 saturated heterocycles. The van der Waals surface area contributed by atoms with Crippen molar-refractivity contribution in [2.75, 3.05) is 13.2 Å². The van der Waals surface area contributed by atoms with Gasteiger partial charge in [0, 0.05) is 5.92 Å². The van der Waals surface area contributed by atoms with E-state index in [0.717, 1.165) is 5.57 Å². The first-order valence-electron chi connectivity index (χ1n) is 17.9. The van der Waals surface area contributed by atoms with Crippen LogP contribution in [0.1, 0.15) is 86.0 Å². The average molecular weight is 697 g/mol. The van der Waals surface area contributed by atoms with Crippen molar-refractivity contribution in [1.82, 2.24) is 0 Å². The minimum Gasteiger partial charge on any atom is -0.481 e. The van der Waals surface area contributed by atoms with Gasteiger partial charge in [0.1, 0.15) is 29.8 Å². The van der Waals surface area contributed by atoms with Crippen molar-refractivity contribution in [2.24, 2.45) is 50.7 Å². The summed E-state index contributed by atoms with van der Waals surface area (Å²) >= 11 is 0. The van der Waals surface area contributed by atoms with E-state index in [4.69, 9.17) is 9.47 Å². The molecule has 4 saturated carbocycles. The van der Waals surface area contributed by atoms with Gasteiger partial charge < -0.3 is 55.4 Å². The van der Waals surface area contributed by atoms with Gasteiger partial charge in [-0.15, -0.1) is 0 Å². The molecule has 1 heterocycles. The van der Waals surface area contributed by atoms with Crippen LogP contribution >= 0.6 is 0 Å². The lowest BCUT2D eigenvalue weighted by Gasteiger charge is -2.72. The van der Waals surface area contributed by atoms with Crippen LogP contribution in [-0.4, -0.2) is 120 Å². The first-order valence-corrected chi connectivity index (χ1v) is 17.9. The molecule has 1 aliphatic heterocycles. The number of hydrogen-bond donors (Lipinski definition) is 9. The molecule has 17 atom stereocenters. The van der Waals surface area contributed by atoms with Gasteiger partial charge in [0.25, 0.3) is 0 Å². The number of carboxylic acid groups (broad SMARTS) is 1. The summed E-state index contributed by atoms with van der Waals surface area (Å²) in [7, 11) is 0. The number of aliphatic hydroxyl groups excluding tert-OH is 7. The molecule has 0 bridgehead atoms. The second-order valence-electron chi connectivity index (χ2n) is 17.4. The molecule has 9 N–H and O–H groups in total. The van der Waals surface area contributed by atoms with Gasteiger partial charge in [0.2, 0.25) is 6.29 Å². The third-order valence-electron chi connectivity index (χ3n) is 15.6. The Balaban J connectivity index is 1.41. The fourth-order valence-electron chi connectivity index (χ4n) is 12.4. The van der Waals surface area contributed by atoms with Gasteiger partial charge in [-0.05, 0) is 92.3 Å². The lowest BCUT2D eigenvalue weighted by molar-refractivity contribution is -0.299. The van der Waals surface area contributed by atoms with E-state index in [1.54, 1.807) is 6.92 Å². The molecule has 0 aromatic rings. The molecule has 0 aromatic heterocycles. The zero-order valence-electron chi connectivity index (χ0n) is 29.2. The Bertz CT molecular complexity index is 1370. The molecule has 5 fully saturated rings. The second kappa shape index (κ2) is 11.9. The van der Waals surface area contributed by atoms with Crippen LogP contribution < -0.4 is 0 Å². The van der Waals surface area contributed by atoms with E-state index in [1.165, 1.54) is 0 Å². The van der Waals surface area contributed by atoms with Crippen molar-refractivity contribution in [2.45, 2.75) is 135 Å². The van der Waals surface area contributed by atoms with Crippen LogP contribution in [0.3, 0.4) is 0 Å². The van der Waals surface area contributed by atoms with Crippen LogP contribution in [-0.2, 0) is 19.1 Å². The summed E-state index contributed by atoms with van der Waals surface area (Å²) < 4.78 is 11.4. The standard InChI is InChI=1S/C36H56O13/c1-17-8-11-35(30(46)49-28-25(42)24(41)23(40)20(15-37)48-28)13-12-32(3)18(26(35)34(17,5)47)6-7-21-31(2)14-19(39)27(43)36(16-38,29(44)45)22(31)9-10-33(21,32)4/h6,17,19-28,37-43,47H,7-16H2,1-5H3,(H,44,45)/t17-,19-,20-,21+,22+,23-,24+,25-,26-,27-,28+,31-,32-,33-,34-,35+,36-/m1/s1. The van der Waals surface area contributed by atoms with Crippen molar-refractivity contribution in [3.8, 4) is 0 Å². The van der Waals surface area contributed by atoms with Gasteiger partial charge in [-0.1, -0.05) is 39.3 Å². The molecule has 6 rings (SSSR count). The molecule has 0 radical (unpaired) electrons. The molecular formula is C36H56O13. The van der Waals surface area contributed by atoms with Gasteiger partial charge in [0.05, 0.1) is 36.4 Å². The fourth-order valence-corrected chi connectivity index (χ4v) is 12.4. The maximum absolute atomic E-state index is 14.5. The van der Waals surface area contributed by atoms with Crippen LogP contribution in [0.15, 0.2) is 11.6 Å². The predicted molar refractivity (Wildman–Crippen MR) is 171 cm³/mol. The third-order valence-corrected chi connectivity index (χ3v) is 15.6. The summed E-state index contributed by atoms with van der Waals surface area (Å²) in [4.78, 5) is 27.3. The number of hydrogen-bond acceptors (Lipinski definition) is 12. The summed E-state index contributed by atoms with van der Waals surface area (Å²) in [6, 6.07) is 0. The molecule has 49 heavy (non-hydrogen) atoms. The number of ether oxygens (including phenoxy) is 2. The smallest absolute Gasteiger partial charge is 0.315 e. The number of rotatable bonds is 5. The summed E-state index contributed by atoms with van der Waals surface area (Å²) in [6.07, 6.45) is -5.53. The van der Waals surface area contributed by atoms with Gasteiger partial charge in [0.15, 0.2) is 0 Å². The highest BCUT2D eigenvalue weighted by atomic mass is 16.7. The average Bonchev–Trinajstić information content (AvgIpc) is 3.04. The number of aliphatic hydroxyl groups is 8. The largest absolute Gasteiger partial charge is 0.481 e. The quantitative estimate of drug-likeness (QED) is 0.141. The van der Waals surface area contributed by atoms with Gasteiger partial charge in [-0.25, -0.2) is 0 Å². The maximum Gasteiger partial charge on any atom is 0.315 e. The van der Waals surface area contributed by atoms with E-state index in [2.05, 4.69) is 19.9 Å². The summed E-state index contributed by atoms with van der Waals surface area (Å²) in [6.45, 7) is 8.54. The Morgan fingerprint density at radius 2 is 1.59 bits per heavy atom. The van der Waals surface area contributed by atoms with Crippen molar-refractivity contribution in [1.29, 1.82) is 0 Å². The van der Waals surface area contributed by atoms with Crippen LogP contribution in [0.5, 0.6) is 0 Å². The van der Waals surface area contributed by atoms with E-state index < -0.39 is 113 Å². The number of carbonyl (C=O) groups is 2. The summed E-state index contributed by atoms with van der Waals surface area (Å²) in [5.74, 6) is -3.67. The normalized spacial score (nSPS) is 55.5. The van der Waals surface area contributed by atoms with Crippen LogP contribution in [0, 0.1) is 50.7 Å². The molecule has 0 spiro atoms.